The molecule has 1 rings (SSSR count). The number of aromatic nitrogens is 2. The van der Waals surface area contributed by atoms with E-state index in [4.69, 9.17) is 0 Å². The third kappa shape index (κ3) is 4.45. The molecule has 0 amide bonds. The van der Waals surface area contributed by atoms with Crippen molar-refractivity contribution in [2.45, 2.75) is 26.8 Å². The average molecular weight is 288 g/mol. The Kier molecular flexibility index (Phi) is 5.69. The Bertz CT molecular complexity index is 376. The maximum absolute atomic E-state index is 11.6. The molecule has 0 radical (unpaired) electrons. The van der Waals surface area contributed by atoms with Gasteiger partial charge >= 0.3 is 0 Å². The topological polar surface area (TPSA) is 46.9 Å². The van der Waals surface area contributed by atoms with Crippen LogP contribution in [0.15, 0.2) is 21.8 Å². The van der Waals surface area contributed by atoms with Crippen molar-refractivity contribution in [3.8, 4) is 0 Å². The summed E-state index contributed by atoms with van der Waals surface area (Å²) in [4.78, 5) is 15.6. The maximum Gasteiger partial charge on any atom is 0.267 e. The highest BCUT2D eigenvalue weighted by Crippen LogP contribution is 1.98. The van der Waals surface area contributed by atoms with E-state index in [-0.39, 0.29) is 5.56 Å². The fourth-order valence-electron chi connectivity index (χ4n) is 1.35. The standard InChI is InChI=1S/C11H18BrN3O/c1-9(2)6-13-4-3-5-15-8-14-7-10(12)11(15)16/h7-9,13H,3-6H2,1-2H3. The number of rotatable bonds is 6. The normalized spacial score (nSPS) is 11.0. The molecule has 0 saturated heterocycles. The van der Waals surface area contributed by atoms with Gasteiger partial charge < -0.3 is 5.32 Å². The number of nitrogens with zero attached hydrogens (tertiary/aromatic N) is 2. The van der Waals surface area contributed by atoms with Gasteiger partial charge in [-0.2, -0.15) is 0 Å². The van der Waals surface area contributed by atoms with E-state index < -0.39 is 0 Å². The Morgan fingerprint density at radius 3 is 3.00 bits per heavy atom. The molecular formula is C11H18BrN3O. The van der Waals surface area contributed by atoms with Crippen LogP contribution in [-0.2, 0) is 6.54 Å². The van der Waals surface area contributed by atoms with Gasteiger partial charge in [-0.1, -0.05) is 13.8 Å². The molecular weight excluding hydrogens is 270 g/mol. The van der Waals surface area contributed by atoms with Gasteiger partial charge in [-0.05, 0) is 41.4 Å². The van der Waals surface area contributed by atoms with Crippen molar-refractivity contribution in [1.82, 2.24) is 14.9 Å². The van der Waals surface area contributed by atoms with E-state index in [2.05, 4.69) is 40.1 Å². The summed E-state index contributed by atoms with van der Waals surface area (Å²) in [5.74, 6) is 0.662. The molecule has 5 heteroatoms. The highest BCUT2D eigenvalue weighted by atomic mass is 79.9. The molecule has 0 saturated carbocycles. The zero-order valence-electron chi connectivity index (χ0n) is 9.74. The molecule has 90 valence electrons. The second-order valence-corrected chi connectivity index (χ2v) is 5.05. The molecule has 0 fully saturated rings. The first kappa shape index (κ1) is 13.4. The highest BCUT2D eigenvalue weighted by Gasteiger charge is 2.00. The van der Waals surface area contributed by atoms with Crippen molar-refractivity contribution in [1.29, 1.82) is 0 Å². The van der Waals surface area contributed by atoms with Gasteiger partial charge in [-0.15, -0.1) is 0 Å². The van der Waals surface area contributed by atoms with Gasteiger partial charge in [0.25, 0.3) is 5.56 Å². The Morgan fingerprint density at radius 2 is 2.31 bits per heavy atom. The summed E-state index contributed by atoms with van der Waals surface area (Å²) in [5.41, 5.74) is -0.0149. The van der Waals surface area contributed by atoms with Crippen LogP contribution >= 0.6 is 15.9 Å². The van der Waals surface area contributed by atoms with Crippen LogP contribution in [0.3, 0.4) is 0 Å². The van der Waals surface area contributed by atoms with Crippen molar-refractivity contribution >= 4 is 15.9 Å². The number of hydrogen-bond acceptors (Lipinski definition) is 3. The lowest BCUT2D eigenvalue weighted by Crippen LogP contribution is -2.25. The number of halogens is 1. The van der Waals surface area contributed by atoms with Gasteiger partial charge in [0.2, 0.25) is 0 Å². The number of hydrogen-bond donors (Lipinski definition) is 1. The summed E-state index contributed by atoms with van der Waals surface area (Å²) >= 11 is 3.18. The predicted octanol–water partition coefficient (Wildman–Crippen LogP) is 1.64. The van der Waals surface area contributed by atoms with E-state index in [1.54, 1.807) is 10.9 Å². The van der Waals surface area contributed by atoms with Gasteiger partial charge in [0.05, 0.1) is 6.33 Å². The minimum absolute atomic E-state index is 0.0149. The first-order valence-electron chi connectivity index (χ1n) is 5.52. The summed E-state index contributed by atoms with van der Waals surface area (Å²) in [6, 6.07) is 0. The van der Waals surface area contributed by atoms with E-state index in [0.717, 1.165) is 19.5 Å². The molecule has 0 unspecified atom stereocenters. The van der Waals surface area contributed by atoms with Crippen LogP contribution in [0.25, 0.3) is 0 Å². The SMILES string of the molecule is CC(C)CNCCCn1cncc(Br)c1=O. The van der Waals surface area contributed by atoms with Crippen molar-refractivity contribution in [2.24, 2.45) is 5.92 Å². The summed E-state index contributed by atoms with van der Waals surface area (Å²) in [6.45, 7) is 7.00. The van der Waals surface area contributed by atoms with Crippen LogP contribution in [0.2, 0.25) is 0 Å². The van der Waals surface area contributed by atoms with Crippen LogP contribution in [0, 0.1) is 5.92 Å². The molecule has 1 aromatic heterocycles. The molecule has 0 aliphatic heterocycles. The van der Waals surface area contributed by atoms with Crippen LogP contribution in [0.4, 0.5) is 0 Å². The molecule has 0 aliphatic carbocycles. The molecule has 1 heterocycles. The molecule has 0 aromatic carbocycles. The molecule has 1 N–H and O–H groups in total. The van der Waals surface area contributed by atoms with E-state index in [9.17, 15) is 4.79 Å². The van der Waals surface area contributed by atoms with Crippen LogP contribution in [0.1, 0.15) is 20.3 Å². The largest absolute Gasteiger partial charge is 0.316 e. The minimum Gasteiger partial charge on any atom is -0.316 e. The van der Waals surface area contributed by atoms with Crippen molar-refractivity contribution in [3.63, 3.8) is 0 Å². The van der Waals surface area contributed by atoms with Crippen molar-refractivity contribution < 1.29 is 0 Å². The van der Waals surface area contributed by atoms with Crippen molar-refractivity contribution in [3.05, 3.63) is 27.4 Å². The first-order chi connectivity index (χ1) is 7.61. The summed E-state index contributed by atoms with van der Waals surface area (Å²) in [7, 11) is 0. The molecule has 1 aromatic rings. The van der Waals surface area contributed by atoms with Crippen LogP contribution in [-0.4, -0.2) is 22.6 Å². The van der Waals surface area contributed by atoms with Crippen LogP contribution in [0.5, 0.6) is 0 Å². The second kappa shape index (κ2) is 6.81. The summed E-state index contributed by atoms with van der Waals surface area (Å²) < 4.78 is 2.14. The quantitative estimate of drug-likeness (QED) is 0.810. The van der Waals surface area contributed by atoms with E-state index >= 15 is 0 Å². The van der Waals surface area contributed by atoms with Crippen molar-refractivity contribution in [2.75, 3.05) is 13.1 Å². The van der Waals surface area contributed by atoms with Gasteiger partial charge in [-0.25, -0.2) is 4.98 Å². The van der Waals surface area contributed by atoms with Gasteiger partial charge in [0.1, 0.15) is 4.47 Å². The molecule has 4 nitrogen and oxygen atoms in total. The monoisotopic (exact) mass is 287 g/mol. The Hall–Kier alpha value is -0.680. The van der Waals surface area contributed by atoms with E-state index in [1.165, 1.54) is 6.20 Å². The van der Waals surface area contributed by atoms with E-state index in [1.807, 2.05) is 0 Å². The lowest BCUT2D eigenvalue weighted by Gasteiger charge is -2.08. The minimum atomic E-state index is -0.0149. The van der Waals surface area contributed by atoms with Crippen LogP contribution < -0.4 is 10.9 Å². The third-order valence-electron chi connectivity index (χ3n) is 2.16. The fourth-order valence-corrected chi connectivity index (χ4v) is 1.69. The van der Waals surface area contributed by atoms with Gasteiger partial charge in [0, 0.05) is 12.7 Å². The summed E-state index contributed by atoms with van der Waals surface area (Å²) in [5, 5.41) is 3.34. The lowest BCUT2D eigenvalue weighted by atomic mass is 10.2. The Labute approximate surface area is 104 Å². The third-order valence-corrected chi connectivity index (χ3v) is 2.71. The van der Waals surface area contributed by atoms with E-state index in [0.29, 0.717) is 16.9 Å². The van der Waals surface area contributed by atoms with Gasteiger partial charge in [-0.3, -0.25) is 9.36 Å². The molecule has 0 atom stereocenters. The molecule has 0 bridgehead atoms. The zero-order chi connectivity index (χ0) is 12.0. The highest BCUT2D eigenvalue weighted by molar-refractivity contribution is 9.10. The maximum atomic E-state index is 11.6. The number of nitrogens with one attached hydrogen (secondary N) is 1. The second-order valence-electron chi connectivity index (χ2n) is 4.19. The Balaban J connectivity index is 2.32. The average Bonchev–Trinajstić information content (AvgIpc) is 2.23. The zero-order valence-corrected chi connectivity index (χ0v) is 11.3. The van der Waals surface area contributed by atoms with Gasteiger partial charge in [0.15, 0.2) is 0 Å². The first-order valence-corrected chi connectivity index (χ1v) is 6.31. The lowest BCUT2D eigenvalue weighted by molar-refractivity contribution is 0.515. The molecule has 16 heavy (non-hydrogen) atoms. The fraction of sp³-hybridized carbons (Fsp3) is 0.636. The number of aryl methyl sites for hydroxylation is 1. The molecule has 0 spiro atoms. The predicted molar refractivity (Wildman–Crippen MR) is 68.5 cm³/mol. The molecule has 0 aliphatic rings. The Morgan fingerprint density at radius 1 is 1.56 bits per heavy atom. The summed E-state index contributed by atoms with van der Waals surface area (Å²) in [6.07, 6.45) is 4.04. The smallest absolute Gasteiger partial charge is 0.267 e.